The summed E-state index contributed by atoms with van der Waals surface area (Å²) in [6, 6.07) is 9.47. The van der Waals surface area contributed by atoms with Crippen LogP contribution in [-0.2, 0) is 9.53 Å². The van der Waals surface area contributed by atoms with Crippen LogP contribution in [0.5, 0.6) is 0 Å². The van der Waals surface area contributed by atoms with Crippen LogP contribution in [0.3, 0.4) is 0 Å². The minimum absolute atomic E-state index is 0.114. The van der Waals surface area contributed by atoms with Gasteiger partial charge in [-0.1, -0.05) is 12.1 Å². The molecule has 0 heterocycles. The molecule has 90 valence electrons. The number of anilines is 1. The third-order valence-corrected chi connectivity index (χ3v) is 2.48. The van der Waals surface area contributed by atoms with Crippen LogP contribution in [0.1, 0.15) is 19.4 Å². The summed E-state index contributed by atoms with van der Waals surface area (Å²) in [5.41, 5.74) is 1.32. The average molecular weight is 232 g/mol. The van der Waals surface area contributed by atoms with Crippen LogP contribution < -0.4 is 4.90 Å². The van der Waals surface area contributed by atoms with Gasteiger partial charge in [-0.25, -0.2) is 0 Å². The number of hydrogen-bond acceptors (Lipinski definition) is 4. The molecule has 0 amide bonds. The number of carbonyl (C=O) groups excluding carboxylic acids is 1. The second kappa shape index (κ2) is 5.90. The summed E-state index contributed by atoms with van der Waals surface area (Å²) in [5.74, 6) is -0.313. The Morgan fingerprint density at radius 3 is 2.65 bits per heavy atom. The Kier molecular flexibility index (Phi) is 4.53. The molecule has 0 spiro atoms. The first kappa shape index (κ1) is 13.0. The number of ether oxygens (including phenoxy) is 1. The standard InChI is InChI=1S/C13H16N2O2/c1-10(2)15(9-13(16)17-3)12-7-5-4-6-11(12)8-14/h4-7,10H,9H2,1-3H3. The van der Waals surface area contributed by atoms with Crippen molar-refractivity contribution >= 4 is 11.7 Å². The molecule has 0 aliphatic rings. The molecule has 0 N–H and O–H groups in total. The maximum Gasteiger partial charge on any atom is 0.325 e. The average Bonchev–Trinajstić information content (AvgIpc) is 2.35. The molecule has 17 heavy (non-hydrogen) atoms. The van der Waals surface area contributed by atoms with Gasteiger partial charge in [0.05, 0.1) is 18.4 Å². The molecule has 1 rings (SSSR count). The van der Waals surface area contributed by atoms with Gasteiger partial charge in [0.25, 0.3) is 0 Å². The van der Waals surface area contributed by atoms with Crippen LogP contribution in [-0.4, -0.2) is 25.7 Å². The Hall–Kier alpha value is -2.02. The predicted octanol–water partition coefficient (Wildman–Crippen LogP) is 1.95. The number of nitrogens with zero attached hydrogens (tertiary/aromatic N) is 2. The van der Waals surface area contributed by atoms with Gasteiger partial charge in [-0.3, -0.25) is 4.79 Å². The quantitative estimate of drug-likeness (QED) is 0.744. The molecule has 0 unspecified atom stereocenters. The molecule has 0 fully saturated rings. The molecular formula is C13H16N2O2. The molecule has 0 radical (unpaired) electrons. The van der Waals surface area contributed by atoms with Crippen molar-refractivity contribution in [1.29, 1.82) is 5.26 Å². The normalized spacial score (nSPS) is 9.82. The van der Waals surface area contributed by atoms with Crippen molar-refractivity contribution in [3.8, 4) is 6.07 Å². The Morgan fingerprint density at radius 2 is 2.12 bits per heavy atom. The first-order chi connectivity index (χ1) is 8.10. The molecule has 0 saturated heterocycles. The highest BCUT2D eigenvalue weighted by molar-refractivity contribution is 5.77. The van der Waals surface area contributed by atoms with E-state index in [4.69, 9.17) is 5.26 Å². The maximum atomic E-state index is 11.4. The lowest BCUT2D eigenvalue weighted by Crippen LogP contribution is -2.36. The number of carbonyl (C=O) groups is 1. The fourth-order valence-corrected chi connectivity index (χ4v) is 1.57. The summed E-state index contributed by atoms with van der Waals surface area (Å²) in [6.45, 7) is 4.08. The van der Waals surface area contributed by atoms with E-state index < -0.39 is 0 Å². The minimum Gasteiger partial charge on any atom is -0.468 e. The lowest BCUT2D eigenvalue weighted by molar-refractivity contribution is -0.139. The zero-order chi connectivity index (χ0) is 12.8. The molecule has 0 aromatic heterocycles. The van der Waals surface area contributed by atoms with Crippen LogP contribution >= 0.6 is 0 Å². The SMILES string of the molecule is COC(=O)CN(c1ccccc1C#N)C(C)C. The predicted molar refractivity (Wildman–Crippen MR) is 65.7 cm³/mol. The van der Waals surface area contributed by atoms with Crippen molar-refractivity contribution in [2.75, 3.05) is 18.6 Å². The second-order valence-electron chi connectivity index (χ2n) is 3.93. The highest BCUT2D eigenvalue weighted by Gasteiger charge is 2.17. The first-order valence-electron chi connectivity index (χ1n) is 5.42. The van der Waals surface area contributed by atoms with Gasteiger partial charge in [-0.05, 0) is 26.0 Å². The Bertz CT molecular complexity index is 435. The summed E-state index contributed by atoms with van der Waals surface area (Å²) < 4.78 is 4.66. The van der Waals surface area contributed by atoms with Gasteiger partial charge in [0, 0.05) is 6.04 Å². The van der Waals surface area contributed by atoms with Crippen molar-refractivity contribution in [3.05, 3.63) is 29.8 Å². The van der Waals surface area contributed by atoms with E-state index in [-0.39, 0.29) is 18.6 Å². The molecule has 0 saturated carbocycles. The second-order valence-corrected chi connectivity index (χ2v) is 3.93. The molecule has 1 aromatic rings. The smallest absolute Gasteiger partial charge is 0.325 e. The summed E-state index contributed by atoms with van der Waals surface area (Å²) in [6.07, 6.45) is 0. The van der Waals surface area contributed by atoms with Crippen molar-refractivity contribution in [1.82, 2.24) is 0 Å². The third-order valence-electron chi connectivity index (χ3n) is 2.48. The zero-order valence-corrected chi connectivity index (χ0v) is 10.3. The largest absolute Gasteiger partial charge is 0.468 e. The van der Waals surface area contributed by atoms with Gasteiger partial charge < -0.3 is 9.64 Å². The Labute approximate surface area is 101 Å². The van der Waals surface area contributed by atoms with E-state index in [1.54, 1.807) is 12.1 Å². The zero-order valence-electron chi connectivity index (χ0n) is 10.3. The van der Waals surface area contributed by atoms with Crippen molar-refractivity contribution in [2.24, 2.45) is 0 Å². The van der Waals surface area contributed by atoms with E-state index in [2.05, 4.69) is 10.8 Å². The molecule has 1 aromatic carbocycles. The van der Waals surface area contributed by atoms with Crippen LogP contribution in [0.4, 0.5) is 5.69 Å². The molecule has 0 atom stereocenters. The van der Waals surface area contributed by atoms with Gasteiger partial charge >= 0.3 is 5.97 Å². The fourth-order valence-electron chi connectivity index (χ4n) is 1.57. The van der Waals surface area contributed by atoms with E-state index >= 15 is 0 Å². The van der Waals surface area contributed by atoms with Crippen LogP contribution in [0.15, 0.2) is 24.3 Å². The van der Waals surface area contributed by atoms with Gasteiger partial charge in [0.1, 0.15) is 12.6 Å². The Morgan fingerprint density at radius 1 is 1.47 bits per heavy atom. The van der Waals surface area contributed by atoms with Crippen LogP contribution in [0.25, 0.3) is 0 Å². The van der Waals surface area contributed by atoms with E-state index in [1.165, 1.54) is 7.11 Å². The number of nitriles is 1. The molecule has 0 aliphatic heterocycles. The Balaban J connectivity index is 3.06. The van der Waals surface area contributed by atoms with Gasteiger partial charge in [0.15, 0.2) is 0 Å². The van der Waals surface area contributed by atoms with Crippen molar-refractivity contribution < 1.29 is 9.53 Å². The number of esters is 1. The number of para-hydroxylation sites is 1. The van der Waals surface area contributed by atoms with Crippen molar-refractivity contribution in [2.45, 2.75) is 19.9 Å². The summed E-state index contributed by atoms with van der Waals surface area (Å²) in [4.78, 5) is 13.2. The fraction of sp³-hybridized carbons (Fsp3) is 0.385. The molecular weight excluding hydrogens is 216 g/mol. The van der Waals surface area contributed by atoms with E-state index in [0.717, 1.165) is 5.69 Å². The van der Waals surface area contributed by atoms with Gasteiger partial charge in [-0.2, -0.15) is 5.26 Å². The van der Waals surface area contributed by atoms with E-state index in [9.17, 15) is 4.79 Å². The monoisotopic (exact) mass is 232 g/mol. The highest BCUT2D eigenvalue weighted by Crippen LogP contribution is 2.21. The van der Waals surface area contributed by atoms with E-state index in [0.29, 0.717) is 5.56 Å². The van der Waals surface area contributed by atoms with E-state index in [1.807, 2.05) is 30.9 Å². The topological polar surface area (TPSA) is 53.3 Å². The van der Waals surface area contributed by atoms with Crippen LogP contribution in [0, 0.1) is 11.3 Å². The lowest BCUT2D eigenvalue weighted by atomic mass is 10.1. The summed E-state index contributed by atoms with van der Waals surface area (Å²) in [7, 11) is 1.36. The van der Waals surface area contributed by atoms with Crippen molar-refractivity contribution in [3.63, 3.8) is 0 Å². The third kappa shape index (κ3) is 3.22. The number of rotatable bonds is 4. The molecule has 4 heteroatoms. The number of benzene rings is 1. The first-order valence-corrected chi connectivity index (χ1v) is 5.42. The maximum absolute atomic E-state index is 11.4. The molecule has 0 aliphatic carbocycles. The van der Waals surface area contributed by atoms with Gasteiger partial charge in [0.2, 0.25) is 0 Å². The molecule has 4 nitrogen and oxygen atoms in total. The number of hydrogen-bond donors (Lipinski definition) is 0. The molecule has 0 bridgehead atoms. The lowest BCUT2D eigenvalue weighted by Gasteiger charge is -2.28. The highest BCUT2D eigenvalue weighted by atomic mass is 16.5. The van der Waals surface area contributed by atoms with Crippen LogP contribution in [0.2, 0.25) is 0 Å². The summed E-state index contributed by atoms with van der Waals surface area (Å²) >= 11 is 0. The summed E-state index contributed by atoms with van der Waals surface area (Å²) in [5, 5.41) is 9.05. The van der Waals surface area contributed by atoms with Gasteiger partial charge in [-0.15, -0.1) is 0 Å². The minimum atomic E-state index is -0.313. The number of methoxy groups -OCH3 is 1.